The fourth-order valence-electron chi connectivity index (χ4n) is 3.48. The lowest BCUT2D eigenvalue weighted by Crippen LogP contribution is -2.37. The monoisotopic (exact) mass is 310 g/mol. The van der Waals surface area contributed by atoms with Gasteiger partial charge in [0.1, 0.15) is 17.5 Å². The Morgan fingerprint density at radius 3 is 3.00 bits per heavy atom. The molecule has 3 heterocycles. The van der Waals surface area contributed by atoms with Crippen molar-refractivity contribution in [2.45, 2.75) is 52.4 Å². The van der Waals surface area contributed by atoms with Gasteiger partial charge in [-0.3, -0.25) is 0 Å². The number of nitrogens with one attached hydrogen (secondary N) is 1. The Morgan fingerprint density at radius 2 is 2.13 bits per heavy atom. The number of hydrogen-bond acceptors (Lipinski definition) is 4. The minimum Gasteiger partial charge on any atom is -0.327 e. The molecule has 0 aliphatic carbocycles. The zero-order valence-electron chi connectivity index (χ0n) is 13.7. The van der Waals surface area contributed by atoms with Crippen molar-refractivity contribution in [1.82, 2.24) is 29.6 Å². The summed E-state index contributed by atoms with van der Waals surface area (Å²) in [5, 5.41) is 12.1. The minimum atomic E-state index is 0.447. The van der Waals surface area contributed by atoms with Crippen LogP contribution in [0.4, 0.5) is 0 Å². The number of nitrogens with zero attached hydrogens (tertiary/aromatic N) is 5. The van der Waals surface area contributed by atoms with Crippen LogP contribution in [0.25, 0.3) is 11.0 Å². The van der Waals surface area contributed by atoms with Gasteiger partial charge in [0.15, 0.2) is 0 Å². The highest BCUT2D eigenvalue weighted by atomic mass is 15.3. The first-order chi connectivity index (χ1) is 11.3. The van der Waals surface area contributed by atoms with E-state index in [0.29, 0.717) is 6.04 Å². The number of aromatic nitrogens is 5. The van der Waals surface area contributed by atoms with E-state index in [1.165, 1.54) is 5.52 Å². The first-order valence-electron chi connectivity index (χ1n) is 8.32. The highest BCUT2D eigenvalue weighted by molar-refractivity contribution is 5.75. The first-order valence-corrected chi connectivity index (χ1v) is 8.32. The third kappa shape index (κ3) is 2.53. The average molecular weight is 310 g/mol. The molecule has 1 atom stereocenters. The van der Waals surface area contributed by atoms with Crippen LogP contribution >= 0.6 is 0 Å². The molecule has 0 fully saturated rings. The average Bonchev–Trinajstić information content (AvgIpc) is 3.13. The van der Waals surface area contributed by atoms with Gasteiger partial charge in [0, 0.05) is 25.6 Å². The van der Waals surface area contributed by atoms with Gasteiger partial charge in [0.05, 0.1) is 17.6 Å². The molecule has 6 nitrogen and oxygen atoms in total. The third-order valence-electron chi connectivity index (χ3n) is 4.73. The molecule has 1 aromatic carbocycles. The van der Waals surface area contributed by atoms with E-state index in [9.17, 15) is 0 Å². The van der Waals surface area contributed by atoms with E-state index in [0.717, 1.165) is 55.5 Å². The number of para-hydroxylation sites is 2. The summed E-state index contributed by atoms with van der Waals surface area (Å²) in [4.78, 5) is 4.79. The van der Waals surface area contributed by atoms with Crippen LogP contribution in [0.2, 0.25) is 0 Å². The van der Waals surface area contributed by atoms with Crippen molar-refractivity contribution in [3.8, 4) is 0 Å². The zero-order valence-corrected chi connectivity index (χ0v) is 13.7. The lowest BCUT2D eigenvalue weighted by atomic mass is 10.1. The van der Waals surface area contributed by atoms with Crippen LogP contribution in [-0.2, 0) is 26.1 Å². The van der Waals surface area contributed by atoms with Crippen LogP contribution in [0.3, 0.4) is 0 Å². The van der Waals surface area contributed by atoms with Crippen LogP contribution < -0.4 is 5.32 Å². The van der Waals surface area contributed by atoms with Crippen LogP contribution in [0.5, 0.6) is 0 Å². The van der Waals surface area contributed by atoms with Gasteiger partial charge in [-0.25, -0.2) is 4.98 Å². The standard InChI is InChI=1S/C17H22N6/c1-3-22-15-7-5-4-6-14(15)19-17(22)10-18-13-8-9-16-21-20-12(2)23(16)11-13/h4-7,13,18H,3,8-11H2,1-2H3/t13-/m0/s1. The van der Waals surface area contributed by atoms with E-state index in [2.05, 4.69) is 49.8 Å². The number of aryl methyl sites for hydroxylation is 3. The molecule has 4 rings (SSSR count). The van der Waals surface area contributed by atoms with Crippen LogP contribution in [-0.4, -0.2) is 30.4 Å². The Labute approximate surface area is 135 Å². The summed E-state index contributed by atoms with van der Waals surface area (Å²) in [7, 11) is 0. The van der Waals surface area contributed by atoms with E-state index < -0.39 is 0 Å². The summed E-state index contributed by atoms with van der Waals surface area (Å²) in [5.41, 5.74) is 2.29. The molecule has 0 bridgehead atoms. The van der Waals surface area contributed by atoms with E-state index >= 15 is 0 Å². The van der Waals surface area contributed by atoms with Crippen LogP contribution in [0.1, 0.15) is 30.8 Å². The van der Waals surface area contributed by atoms with Gasteiger partial charge in [-0.15, -0.1) is 10.2 Å². The largest absolute Gasteiger partial charge is 0.327 e. The highest BCUT2D eigenvalue weighted by Crippen LogP contribution is 2.18. The molecule has 6 heteroatoms. The Bertz CT molecular complexity index is 831. The van der Waals surface area contributed by atoms with Crippen molar-refractivity contribution in [3.63, 3.8) is 0 Å². The van der Waals surface area contributed by atoms with Gasteiger partial charge in [0.2, 0.25) is 0 Å². The predicted octanol–water partition coefficient (Wildman–Crippen LogP) is 2.06. The zero-order chi connectivity index (χ0) is 15.8. The molecule has 1 aliphatic rings. The van der Waals surface area contributed by atoms with Crippen molar-refractivity contribution >= 4 is 11.0 Å². The fourth-order valence-corrected chi connectivity index (χ4v) is 3.48. The molecule has 2 aromatic heterocycles. The van der Waals surface area contributed by atoms with Gasteiger partial charge in [-0.2, -0.15) is 0 Å². The molecule has 0 saturated heterocycles. The predicted molar refractivity (Wildman–Crippen MR) is 89.1 cm³/mol. The summed E-state index contributed by atoms with van der Waals surface area (Å²) in [6.07, 6.45) is 2.09. The summed E-state index contributed by atoms with van der Waals surface area (Å²) >= 11 is 0. The Morgan fingerprint density at radius 1 is 1.26 bits per heavy atom. The Hall–Kier alpha value is -2.21. The smallest absolute Gasteiger partial charge is 0.133 e. The maximum atomic E-state index is 4.79. The molecule has 0 radical (unpaired) electrons. The molecule has 1 aliphatic heterocycles. The van der Waals surface area contributed by atoms with E-state index in [4.69, 9.17) is 4.98 Å². The normalized spacial score (nSPS) is 17.6. The van der Waals surface area contributed by atoms with Crippen molar-refractivity contribution in [2.75, 3.05) is 0 Å². The molecule has 120 valence electrons. The lowest BCUT2D eigenvalue weighted by molar-refractivity contribution is 0.370. The molecule has 23 heavy (non-hydrogen) atoms. The third-order valence-corrected chi connectivity index (χ3v) is 4.73. The molecular weight excluding hydrogens is 288 g/mol. The SMILES string of the molecule is CCn1c(CN[C@H]2CCc3nnc(C)n3C2)nc2ccccc21. The van der Waals surface area contributed by atoms with E-state index in [1.807, 2.05) is 13.0 Å². The van der Waals surface area contributed by atoms with E-state index in [-0.39, 0.29) is 0 Å². The van der Waals surface area contributed by atoms with Crippen LogP contribution in [0, 0.1) is 6.92 Å². The maximum Gasteiger partial charge on any atom is 0.133 e. The number of hydrogen-bond donors (Lipinski definition) is 1. The second-order valence-electron chi connectivity index (χ2n) is 6.15. The van der Waals surface area contributed by atoms with E-state index in [1.54, 1.807) is 0 Å². The fraction of sp³-hybridized carbons (Fsp3) is 0.471. The number of benzene rings is 1. The van der Waals surface area contributed by atoms with Gasteiger partial charge in [0.25, 0.3) is 0 Å². The highest BCUT2D eigenvalue weighted by Gasteiger charge is 2.21. The molecule has 0 saturated carbocycles. The maximum absolute atomic E-state index is 4.79. The molecule has 1 N–H and O–H groups in total. The van der Waals surface area contributed by atoms with Crippen LogP contribution in [0.15, 0.2) is 24.3 Å². The Balaban J connectivity index is 1.51. The summed E-state index contributed by atoms with van der Waals surface area (Å²) in [5.74, 6) is 3.23. The number of fused-ring (bicyclic) bond motifs is 2. The molecule has 3 aromatic rings. The molecular formula is C17H22N6. The van der Waals surface area contributed by atoms with Crippen molar-refractivity contribution in [2.24, 2.45) is 0 Å². The molecule has 0 amide bonds. The molecule has 0 spiro atoms. The van der Waals surface area contributed by atoms with Gasteiger partial charge < -0.3 is 14.5 Å². The lowest BCUT2D eigenvalue weighted by Gasteiger charge is -2.25. The minimum absolute atomic E-state index is 0.447. The summed E-state index contributed by atoms with van der Waals surface area (Å²) in [6.45, 7) is 6.88. The second-order valence-corrected chi connectivity index (χ2v) is 6.15. The van der Waals surface area contributed by atoms with Gasteiger partial charge in [-0.05, 0) is 32.4 Å². The summed E-state index contributed by atoms with van der Waals surface area (Å²) in [6, 6.07) is 8.79. The quantitative estimate of drug-likeness (QED) is 0.801. The summed E-state index contributed by atoms with van der Waals surface area (Å²) < 4.78 is 4.52. The molecule has 0 unspecified atom stereocenters. The second kappa shape index (κ2) is 5.77. The van der Waals surface area contributed by atoms with Crippen molar-refractivity contribution in [3.05, 3.63) is 41.7 Å². The van der Waals surface area contributed by atoms with Gasteiger partial charge >= 0.3 is 0 Å². The van der Waals surface area contributed by atoms with Crippen molar-refractivity contribution < 1.29 is 0 Å². The number of imidazole rings is 1. The van der Waals surface area contributed by atoms with Crippen molar-refractivity contribution in [1.29, 1.82) is 0 Å². The first kappa shape index (κ1) is 14.4. The topological polar surface area (TPSA) is 60.6 Å². The number of rotatable bonds is 4. The Kier molecular flexibility index (Phi) is 3.61. The van der Waals surface area contributed by atoms with Gasteiger partial charge in [-0.1, -0.05) is 12.1 Å².